The van der Waals surface area contributed by atoms with Crippen LogP contribution in [0.4, 0.5) is 0 Å². The molecule has 0 fully saturated rings. The largest absolute Gasteiger partial charge is 0.508 e. The van der Waals surface area contributed by atoms with Crippen molar-refractivity contribution in [3.63, 3.8) is 0 Å². The van der Waals surface area contributed by atoms with Gasteiger partial charge in [-0.1, -0.05) is 13.8 Å². The van der Waals surface area contributed by atoms with Crippen molar-refractivity contribution in [1.82, 2.24) is 0 Å². The first-order chi connectivity index (χ1) is 7.04. The number of hydrogen-bond acceptors (Lipinski definition) is 3. The molecule has 0 unspecified atom stereocenters. The Morgan fingerprint density at radius 1 is 1.33 bits per heavy atom. The average Bonchev–Trinajstić information content (AvgIpc) is 2.18. The van der Waals surface area contributed by atoms with E-state index in [9.17, 15) is 15.0 Å². The molecule has 1 rings (SSSR count). The maximum Gasteiger partial charge on any atom is 0.153 e. The molecule has 0 aliphatic heterocycles. The van der Waals surface area contributed by atoms with E-state index < -0.39 is 0 Å². The summed E-state index contributed by atoms with van der Waals surface area (Å²) in [5.41, 5.74) is 0.777. The van der Waals surface area contributed by atoms with E-state index in [0.29, 0.717) is 24.2 Å². The van der Waals surface area contributed by atoms with Crippen molar-refractivity contribution in [3.8, 4) is 11.5 Å². The molecule has 0 aliphatic rings. The van der Waals surface area contributed by atoms with Crippen LogP contribution in [0.25, 0.3) is 0 Å². The minimum atomic E-state index is -0.0107. The molecule has 82 valence electrons. The summed E-state index contributed by atoms with van der Waals surface area (Å²) >= 11 is 0. The molecule has 0 amide bonds. The minimum absolute atomic E-state index is 0.0107. The van der Waals surface area contributed by atoms with Crippen LogP contribution in [0.15, 0.2) is 12.1 Å². The van der Waals surface area contributed by atoms with Crippen LogP contribution < -0.4 is 0 Å². The van der Waals surface area contributed by atoms with E-state index in [1.807, 2.05) is 0 Å². The van der Waals surface area contributed by atoms with Gasteiger partial charge in [0.2, 0.25) is 0 Å². The summed E-state index contributed by atoms with van der Waals surface area (Å²) in [5.74, 6) is 0.531. The van der Waals surface area contributed by atoms with Gasteiger partial charge < -0.3 is 10.2 Å². The fourth-order valence-corrected chi connectivity index (χ4v) is 1.43. The second-order valence-corrected chi connectivity index (χ2v) is 4.09. The molecule has 15 heavy (non-hydrogen) atoms. The number of rotatable bonds is 4. The van der Waals surface area contributed by atoms with Crippen molar-refractivity contribution in [1.29, 1.82) is 0 Å². The van der Waals surface area contributed by atoms with Crippen molar-refractivity contribution in [2.45, 2.75) is 26.7 Å². The van der Waals surface area contributed by atoms with Gasteiger partial charge in [-0.15, -0.1) is 0 Å². The SMILES string of the molecule is CC(C)CCc1cc(O)cc(C=O)c1O. The van der Waals surface area contributed by atoms with Gasteiger partial charge in [-0.2, -0.15) is 0 Å². The zero-order valence-corrected chi connectivity index (χ0v) is 9.03. The molecule has 2 N–H and O–H groups in total. The van der Waals surface area contributed by atoms with E-state index >= 15 is 0 Å². The summed E-state index contributed by atoms with van der Waals surface area (Å²) in [6, 6.07) is 2.77. The fourth-order valence-electron chi connectivity index (χ4n) is 1.43. The molecule has 0 aromatic heterocycles. The Kier molecular flexibility index (Phi) is 3.72. The molecule has 0 saturated heterocycles. The van der Waals surface area contributed by atoms with Gasteiger partial charge in [-0.05, 0) is 36.5 Å². The number of carbonyl (C=O) groups is 1. The van der Waals surface area contributed by atoms with Crippen molar-refractivity contribution < 1.29 is 15.0 Å². The molecular weight excluding hydrogens is 192 g/mol. The Morgan fingerprint density at radius 2 is 2.00 bits per heavy atom. The predicted molar refractivity (Wildman–Crippen MR) is 58.3 cm³/mol. The zero-order valence-electron chi connectivity index (χ0n) is 9.03. The molecule has 0 atom stereocenters. The minimum Gasteiger partial charge on any atom is -0.508 e. The van der Waals surface area contributed by atoms with Crippen LogP contribution in [0.5, 0.6) is 11.5 Å². The smallest absolute Gasteiger partial charge is 0.153 e. The molecule has 3 nitrogen and oxygen atoms in total. The number of hydrogen-bond donors (Lipinski definition) is 2. The van der Waals surface area contributed by atoms with Gasteiger partial charge >= 0.3 is 0 Å². The first kappa shape index (κ1) is 11.6. The lowest BCUT2D eigenvalue weighted by Crippen LogP contribution is -1.94. The van der Waals surface area contributed by atoms with Crippen molar-refractivity contribution in [2.75, 3.05) is 0 Å². The van der Waals surface area contributed by atoms with E-state index in [1.165, 1.54) is 12.1 Å². The Balaban J connectivity index is 2.96. The first-order valence-corrected chi connectivity index (χ1v) is 5.04. The van der Waals surface area contributed by atoms with Crippen LogP contribution in [0, 0.1) is 5.92 Å². The maximum absolute atomic E-state index is 10.6. The van der Waals surface area contributed by atoms with E-state index in [4.69, 9.17) is 0 Å². The second-order valence-electron chi connectivity index (χ2n) is 4.09. The van der Waals surface area contributed by atoms with Crippen LogP contribution in [-0.4, -0.2) is 16.5 Å². The van der Waals surface area contributed by atoms with Crippen molar-refractivity contribution >= 4 is 6.29 Å². The number of benzene rings is 1. The zero-order chi connectivity index (χ0) is 11.4. The highest BCUT2D eigenvalue weighted by molar-refractivity contribution is 5.80. The number of aromatic hydroxyl groups is 2. The quantitative estimate of drug-likeness (QED) is 0.590. The molecule has 0 radical (unpaired) electrons. The van der Waals surface area contributed by atoms with Gasteiger partial charge in [0.25, 0.3) is 0 Å². The molecule has 1 aromatic rings. The predicted octanol–water partition coefficient (Wildman–Crippen LogP) is 2.50. The van der Waals surface area contributed by atoms with Crippen LogP contribution in [0.3, 0.4) is 0 Å². The lowest BCUT2D eigenvalue weighted by atomic mass is 10.00. The third-order valence-corrected chi connectivity index (χ3v) is 2.32. The summed E-state index contributed by atoms with van der Waals surface area (Å²) in [6.07, 6.45) is 2.13. The fraction of sp³-hybridized carbons (Fsp3) is 0.417. The van der Waals surface area contributed by atoms with Gasteiger partial charge in [0.05, 0.1) is 5.56 Å². The van der Waals surface area contributed by atoms with Gasteiger partial charge in [0.15, 0.2) is 6.29 Å². The highest BCUT2D eigenvalue weighted by Crippen LogP contribution is 2.28. The molecular formula is C12H16O3. The Morgan fingerprint density at radius 3 is 2.53 bits per heavy atom. The number of carbonyl (C=O) groups excluding carboxylic acids is 1. The molecule has 0 heterocycles. The van der Waals surface area contributed by atoms with Crippen LogP contribution in [-0.2, 0) is 6.42 Å². The van der Waals surface area contributed by atoms with Gasteiger partial charge in [0, 0.05) is 0 Å². The molecule has 0 saturated carbocycles. The monoisotopic (exact) mass is 208 g/mol. The molecule has 3 heteroatoms. The van der Waals surface area contributed by atoms with Crippen molar-refractivity contribution in [3.05, 3.63) is 23.3 Å². The van der Waals surface area contributed by atoms with E-state index in [1.54, 1.807) is 0 Å². The Labute approximate surface area is 89.4 Å². The summed E-state index contributed by atoms with van der Waals surface area (Å²) < 4.78 is 0. The Hall–Kier alpha value is -1.51. The standard InChI is InChI=1S/C12H16O3/c1-8(2)3-4-9-5-11(14)6-10(7-13)12(9)15/h5-8,14-15H,3-4H2,1-2H3. The first-order valence-electron chi connectivity index (χ1n) is 5.04. The summed E-state index contributed by atoms with van der Waals surface area (Å²) in [7, 11) is 0. The highest BCUT2D eigenvalue weighted by atomic mass is 16.3. The second kappa shape index (κ2) is 4.82. The molecule has 0 bridgehead atoms. The summed E-state index contributed by atoms with van der Waals surface area (Å²) in [5, 5.41) is 19.0. The van der Waals surface area contributed by atoms with Crippen LogP contribution in [0.2, 0.25) is 0 Å². The van der Waals surface area contributed by atoms with Crippen molar-refractivity contribution in [2.24, 2.45) is 5.92 Å². The third kappa shape index (κ3) is 2.98. The summed E-state index contributed by atoms with van der Waals surface area (Å²) in [4.78, 5) is 10.6. The lowest BCUT2D eigenvalue weighted by Gasteiger charge is -2.09. The number of aldehydes is 1. The van der Waals surface area contributed by atoms with Gasteiger partial charge in [-0.25, -0.2) is 0 Å². The van der Waals surface area contributed by atoms with Crippen LogP contribution in [0.1, 0.15) is 36.2 Å². The van der Waals surface area contributed by atoms with Gasteiger partial charge in [-0.3, -0.25) is 4.79 Å². The molecule has 0 aliphatic carbocycles. The Bertz CT molecular complexity index is 356. The van der Waals surface area contributed by atoms with Crippen LogP contribution >= 0.6 is 0 Å². The maximum atomic E-state index is 10.6. The topological polar surface area (TPSA) is 57.5 Å². The van der Waals surface area contributed by atoms with E-state index in [-0.39, 0.29) is 17.1 Å². The molecule has 1 aromatic carbocycles. The third-order valence-electron chi connectivity index (χ3n) is 2.32. The number of aryl methyl sites for hydroxylation is 1. The highest BCUT2D eigenvalue weighted by Gasteiger charge is 2.09. The number of phenolic OH excluding ortho intramolecular Hbond substituents is 2. The summed E-state index contributed by atoms with van der Waals surface area (Å²) in [6.45, 7) is 4.17. The molecule has 0 spiro atoms. The number of phenols is 2. The average molecular weight is 208 g/mol. The normalized spacial score (nSPS) is 10.6. The lowest BCUT2D eigenvalue weighted by molar-refractivity contribution is 0.112. The van der Waals surface area contributed by atoms with E-state index in [0.717, 1.165) is 6.42 Å². The van der Waals surface area contributed by atoms with Gasteiger partial charge in [0.1, 0.15) is 11.5 Å². The van der Waals surface area contributed by atoms with E-state index in [2.05, 4.69) is 13.8 Å².